The average molecular weight is 587 g/mol. The van der Waals surface area contributed by atoms with Gasteiger partial charge in [-0.3, -0.25) is 0 Å². The van der Waals surface area contributed by atoms with Crippen LogP contribution in [0.3, 0.4) is 0 Å². The van der Waals surface area contributed by atoms with Crippen molar-refractivity contribution in [2.45, 2.75) is 129 Å². The van der Waals surface area contributed by atoms with Crippen molar-refractivity contribution in [2.24, 2.45) is 0 Å². The molecule has 0 bridgehead atoms. The van der Waals surface area contributed by atoms with E-state index >= 15 is 0 Å². The molecular weight excluding hydrogens is 535 g/mol. The fraction of sp³-hybridized carbons (Fsp3) is 0.913. The van der Waals surface area contributed by atoms with E-state index in [4.69, 9.17) is 13.3 Å². The minimum absolute atomic E-state index is 0.0277. The van der Waals surface area contributed by atoms with Crippen molar-refractivity contribution >= 4 is 47.5 Å². The molecule has 0 heterocycles. The summed E-state index contributed by atoms with van der Waals surface area (Å²) in [5.41, 5.74) is 0. The van der Waals surface area contributed by atoms with Gasteiger partial charge in [-0.1, -0.05) is 84.9 Å². The zero-order valence-electron chi connectivity index (χ0n) is 22.6. The molecule has 0 radical (unpaired) electrons. The van der Waals surface area contributed by atoms with Crippen molar-refractivity contribution < 1.29 is 13.3 Å². The molecule has 0 N–H and O–H groups in total. The predicted molar refractivity (Wildman–Crippen MR) is 150 cm³/mol. The number of halogens is 1. The van der Waals surface area contributed by atoms with E-state index in [2.05, 4.69) is 130 Å². The molecule has 0 aliphatic carbocycles. The van der Waals surface area contributed by atoms with E-state index in [0.29, 0.717) is 0 Å². The second-order valence-corrected chi connectivity index (χ2v) is 28.3. The minimum atomic E-state index is -1.96. The SMILES string of the molecule is CC(C)(C)[Si](C)(C)O/C=C/[C@H](O[Si](C)(C)C(C)(C)C)[C@@H](CI)O[Si](C)(C)C(C)(C)C. The largest absolute Gasteiger partial charge is 0.549 e. The highest BCUT2D eigenvalue weighted by atomic mass is 127. The summed E-state index contributed by atoms with van der Waals surface area (Å²) in [7, 11) is -5.73. The summed E-state index contributed by atoms with van der Waals surface area (Å²) < 4.78 is 21.0. The molecule has 0 saturated carbocycles. The number of hydrogen-bond donors (Lipinski definition) is 0. The van der Waals surface area contributed by atoms with Gasteiger partial charge in [-0.25, -0.2) is 0 Å². The fourth-order valence-electron chi connectivity index (χ4n) is 1.96. The number of hydrogen-bond acceptors (Lipinski definition) is 3. The van der Waals surface area contributed by atoms with Crippen molar-refractivity contribution in [1.82, 2.24) is 0 Å². The lowest BCUT2D eigenvalue weighted by Gasteiger charge is -2.44. The Balaban J connectivity index is 5.91. The first-order chi connectivity index (χ1) is 13.0. The normalized spacial score (nSPS) is 17.3. The molecule has 2 atom stereocenters. The monoisotopic (exact) mass is 586 g/mol. The van der Waals surface area contributed by atoms with Crippen LogP contribution >= 0.6 is 22.6 Å². The van der Waals surface area contributed by atoms with Gasteiger partial charge < -0.3 is 13.3 Å². The molecule has 0 aromatic rings. The van der Waals surface area contributed by atoms with Crippen LogP contribution in [0.25, 0.3) is 0 Å². The van der Waals surface area contributed by atoms with Gasteiger partial charge in [0.1, 0.15) is 0 Å². The Morgan fingerprint density at radius 1 is 0.667 bits per heavy atom. The molecular formula is C23H51IO3Si3. The second kappa shape index (κ2) is 10.4. The second-order valence-electron chi connectivity index (χ2n) is 13.1. The number of rotatable bonds is 9. The molecule has 180 valence electrons. The zero-order chi connectivity index (χ0) is 24.4. The maximum Gasteiger partial charge on any atom is 0.249 e. The van der Waals surface area contributed by atoms with Crippen LogP contribution in [0.5, 0.6) is 0 Å². The molecule has 0 aromatic carbocycles. The zero-order valence-corrected chi connectivity index (χ0v) is 27.8. The third kappa shape index (κ3) is 8.65. The fourth-order valence-corrected chi connectivity index (χ4v) is 6.35. The molecule has 7 heteroatoms. The molecule has 0 amide bonds. The van der Waals surface area contributed by atoms with Gasteiger partial charge in [0, 0.05) is 4.43 Å². The average Bonchev–Trinajstić information content (AvgIpc) is 2.48. The van der Waals surface area contributed by atoms with Crippen LogP contribution in [-0.2, 0) is 13.3 Å². The van der Waals surface area contributed by atoms with E-state index in [1.54, 1.807) is 0 Å². The molecule has 0 unspecified atom stereocenters. The van der Waals surface area contributed by atoms with Crippen molar-refractivity contribution in [3.8, 4) is 0 Å². The van der Waals surface area contributed by atoms with Crippen molar-refractivity contribution in [2.75, 3.05) is 4.43 Å². The Hall–Kier alpha value is 0.841. The summed E-state index contributed by atoms with van der Waals surface area (Å²) in [4.78, 5) is 0. The molecule has 0 aliphatic rings. The first kappa shape index (κ1) is 30.8. The Bertz CT molecular complexity index is 568. The Morgan fingerprint density at radius 3 is 1.37 bits per heavy atom. The van der Waals surface area contributed by atoms with Gasteiger partial charge in [0.2, 0.25) is 8.32 Å². The molecule has 0 spiro atoms. The Labute approximate surface area is 205 Å². The summed E-state index contributed by atoms with van der Waals surface area (Å²) in [6.45, 7) is 34.4. The number of alkyl halides is 1. The summed E-state index contributed by atoms with van der Waals surface area (Å²) in [5.74, 6) is 0. The summed E-state index contributed by atoms with van der Waals surface area (Å²) >= 11 is 2.45. The molecule has 0 rings (SSSR count). The summed E-state index contributed by atoms with van der Waals surface area (Å²) in [6.07, 6.45) is 3.99. The van der Waals surface area contributed by atoms with Gasteiger partial charge in [0.15, 0.2) is 16.6 Å². The van der Waals surface area contributed by atoms with Gasteiger partial charge in [0.25, 0.3) is 0 Å². The van der Waals surface area contributed by atoms with Gasteiger partial charge in [0.05, 0.1) is 18.5 Å². The lowest BCUT2D eigenvalue weighted by atomic mass is 10.2. The lowest BCUT2D eigenvalue weighted by Crippen LogP contribution is -2.52. The van der Waals surface area contributed by atoms with Crippen LogP contribution in [0.15, 0.2) is 12.3 Å². The molecule has 30 heavy (non-hydrogen) atoms. The predicted octanol–water partition coefficient (Wildman–Crippen LogP) is 8.74. The van der Waals surface area contributed by atoms with Crippen LogP contribution < -0.4 is 0 Å². The Kier molecular flexibility index (Phi) is 10.7. The highest BCUT2D eigenvalue weighted by Crippen LogP contribution is 2.41. The third-order valence-electron chi connectivity index (χ3n) is 7.44. The topological polar surface area (TPSA) is 27.7 Å². The standard InChI is InChI=1S/C23H51IO3Si3/c1-21(2,3)28(10,11)25-17-16-19(26-29(12,13)22(4,5)6)20(18-24)27-30(14,15)23(7,8)9/h16-17,19-20H,18H2,1-15H3/b17-16+/t19-,20+/m0/s1. The van der Waals surface area contributed by atoms with E-state index < -0.39 is 25.0 Å². The Morgan fingerprint density at radius 2 is 1.03 bits per heavy atom. The first-order valence-corrected chi connectivity index (χ1v) is 21.5. The maximum absolute atomic E-state index is 6.89. The third-order valence-corrected chi connectivity index (χ3v) is 21.6. The first-order valence-electron chi connectivity index (χ1n) is 11.2. The minimum Gasteiger partial charge on any atom is -0.549 e. The van der Waals surface area contributed by atoms with Crippen LogP contribution in [-0.4, -0.2) is 41.6 Å². The molecule has 0 fully saturated rings. The van der Waals surface area contributed by atoms with E-state index in [9.17, 15) is 0 Å². The van der Waals surface area contributed by atoms with Gasteiger partial charge in [-0.05, 0) is 60.5 Å². The van der Waals surface area contributed by atoms with Crippen LogP contribution in [0.4, 0.5) is 0 Å². The van der Waals surface area contributed by atoms with E-state index in [-0.39, 0.29) is 27.3 Å². The summed E-state index contributed by atoms with van der Waals surface area (Å²) in [6, 6.07) is 0. The maximum atomic E-state index is 6.89. The van der Waals surface area contributed by atoms with Crippen LogP contribution in [0.2, 0.25) is 54.4 Å². The van der Waals surface area contributed by atoms with Crippen LogP contribution in [0.1, 0.15) is 62.3 Å². The van der Waals surface area contributed by atoms with Crippen molar-refractivity contribution in [3.05, 3.63) is 12.3 Å². The van der Waals surface area contributed by atoms with Gasteiger partial charge in [-0.2, -0.15) is 0 Å². The smallest absolute Gasteiger partial charge is 0.249 e. The van der Waals surface area contributed by atoms with Gasteiger partial charge >= 0.3 is 0 Å². The van der Waals surface area contributed by atoms with E-state index in [0.717, 1.165) is 4.43 Å². The summed E-state index contributed by atoms with van der Waals surface area (Å²) in [5, 5.41) is 0.486. The van der Waals surface area contributed by atoms with Crippen LogP contribution in [0, 0.1) is 0 Å². The van der Waals surface area contributed by atoms with Crippen molar-refractivity contribution in [3.63, 3.8) is 0 Å². The molecule has 0 aliphatic heterocycles. The molecule has 0 aromatic heterocycles. The quantitative estimate of drug-likeness (QED) is 0.117. The highest BCUT2D eigenvalue weighted by Gasteiger charge is 2.44. The molecule has 0 saturated heterocycles. The highest BCUT2D eigenvalue weighted by molar-refractivity contribution is 14.1. The molecule has 3 nitrogen and oxygen atoms in total. The van der Waals surface area contributed by atoms with Gasteiger partial charge in [-0.15, -0.1) is 0 Å². The lowest BCUT2D eigenvalue weighted by molar-refractivity contribution is 0.0795. The van der Waals surface area contributed by atoms with Crippen molar-refractivity contribution in [1.29, 1.82) is 0 Å². The van der Waals surface area contributed by atoms with E-state index in [1.807, 2.05) is 6.26 Å². The van der Waals surface area contributed by atoms with E-state index in [1.165, 1.54) is 0 Å².